The molecular weight excluding hydrogens is 310 g/mol. The molecule has 2 amide bonds. The van der Waals surface area contributed by atoms with Crippen LogP contribution >= 0.6 is 0 Å². The number of carbonyl (C=O) groups excluding carboxylic acids is 2. The summed E-state index contributed by atoms with van der Waals surface area (Å²) in [6.07, 6.45) is 0.337. The molecule has 0 aliphatic rings. The van der Waals surface area contributed by atoms with Gasteiger partial charge in [0, 0.05) is 23.7 Å². The number of nitrogens with one attached hydrogen (secondary N) is 2. The van der Waals surface area contributed by atoms with E-state index in [0.29, 0.717) is 28.9 Å². The predicted octanol–water partition coefficient (Wildman–Crippen LogP) is 3.50. The molecule has 2 aromatic carbocycles. The zero-order valence-corrected chi connectivity index (χ0v) is 13.3. The summed E-state index contributed by atoms with van der Waals surface area (Å²) in [4.78, 5) is 34.2. The van der Waals surface area contributed by atoms with E-state index < -0.39 is 10.8 Å². The highest BCUT2D eigenvalue weighted by atomic mass is 16.6. The molecule has 24 heavy (non-hydrogen) atoms. The Morgan fingerprint density at radius 1 is 1.12 bits per heavy atom. The van der Waals surface area contributed by atoms with Crippen LogP contribution in [0, 0.1) is 17.0 Å². The summed E-state index contributed by atoms with van der Waals surface area (Å²) in [6.45, 7) is 3.31. The first-order valence-corrected chi connectivity index (χ1v) is 7.37. The van der Waals surface area contributed by atoms with Crippen molar-refractivity contribution in [2.75, 3.05) is 10.6 Å². The van der Waals surface area contributed by atoms with Gasteiger partial charge in [-0.15, -0.1) is 0 Å². The monoisotopic (exact) mass is 327 g/mol. The quantitative estimate of drug-likeness (QED) is 0.648. The Morgan fingerprint density at radius 2 is 1.83 bits per heavy atom. The molecule has 0 fully saturated rings. The number of hydrogen-bond acceptors (Lipinski definition) is 4. The molecule has 0 saturated carbocycles. The standard InChI is InChI=1S/C17H17N3O4/c1-3-16(21)18-13-7-4-6-12(10-13)17(22)19-14-8-5-9-15(11(14)2)20(23)24/h4-10H,3H2,1-2H3,(H,18,21)(H,19,22). The van der Waals surface area contributed by atoms with Crippen molar-refractivity contribution in [3.63, 3.8) is 0 Å². The number of nitro benzene ring substituents is 1. The van der Waals surface area contributed by atoms with Crippen molar-refractivity contribution in [1.82, 2.24) is 0 Å². The highest BCUT2D eigenvalue weighted by Gasteiger charge is 2.15. The van der Waals surface area contributed by atoms with Crippen molar-refractivity contribution in [3.05, 3.63) is 63.7 Å². The molecule has 124 valence electrons. The highest BCUT2D eigenvalue weighted by molar-refractivity contribution is 6.05. The fourth-order valence-electron chi connectivity index (χ4n) is 2.14. The molecule has 7 nitrogen and oxygen atoms in total. The molecule has 2 rings (SSSR count). The van der Waals surface area contributed by atoms with Crippen LogP contribution in [0.25, 0.3) is 0 Å². The second-order valence-electron chi connectivity index (χ2n) is 5.14. The van der Waals surface area contributed by atoms with Crippen LogP contribution in [0.15, 0.2) is 42.5 Å². The Balaban J connectivity index is 2.22. The normalized spacial score (nSPS) is 10.1. The number of benzene rings is 2. The lowest BCUT2D eigenvalue weighted by Crippen LogP contribution is -2.14. The van der Waals surface area contributed by atoms with E-state index >= 15 is 0 Å². The lowest BCUT2D eigenvalue weighted by molar-refractivity contribution is -0.385. The molecule has 0 aromatic heterocycles. The Hall–Kier alpha value is -3.22. The molecular formula is C17H17N3O4. The van der Waals surface area contributed by atoms with E-state index in [1.54, 1.807) is 44.2 Å². The van der Waals surface area contributed by atoms with Gasteiger partial charge >= 0.3 is 0 Å². The van der Waals surface area contributed by atoms with E-state index in [-0.39, 0.29) is 11.6 Å². The zero-order chi connectivity index (χ0) is 17.7. The van der Waals surface area contributed by atoms with Gasteiger partial charge < -0.3 is 10.6 Å². The van der Waals surface area contributed by atoms with Gasteiger partial charge in [-0.1, -0.05) is 19.1 Å². The van der Waals surface area contributed by atoms with Gasteiger partial charge in [-0.3, -0.25) is 19.7 Å². The van der Waals surface area contributed by atoms with Crippen LogP contribution in [0.5, 0.6) is 0 Å². The number of carbonyl (C=O) groups is 2. The van der Waals surface area contributed by atoms with Gasteiger partial charge in [-0.05, 0) is 31.2 Å². The van der Waals surface area contributed by atoms with E-state index in [1.165, 1.54) is 12.1 Å². The summed E-state index contributed by atoms with van der Waals surface area (Å²) in [5, 5.41) is 16.3. The minimum atomic E-state index is -0.494. The molecule has 0 heterocycles. The first kappa shape index (κ1) is 17.1. The van der Waals surface area contributed by atoms with E-state index in [2.05, 4.69) is 10.6 Å². The number of rotatable bonds is 5. The van der Waals surface area contributed by atoms with Gasteiger partial charge in [0.25, 0.3) is 11.6 Å². The van der Waals surface area contributed by atoms with E-state index in [0.717, 1.165) is 0 Å². The smallest absolute Gasteiger partial charge is 0.274 e. The third kappa shape index (κ3) is 3.95. The highest BCUT2D eigenvalue weighted by Crippen LogP contribution is 2.25. The molecule has 2 aromatic rings. The molecule has 0 unspecified atom stereocenters. The van der Waals surface area contributed by atoms with Crippen LogP contribution in [-0.4, -0.2) is 16.7 Å². The van der Waals surface area contributed by atoms with Crippen LogP contribution in [0.2, 0.25) is 0 Å². The number of anilines is 2. The van der Waals surface area contributed by atoms with Gasteiger partial charge in [0.2, 0.25) is 5.91 Å². The molecule has 0 spiro atoms. The maximum atomic E-state index is 12.4. The summed E-state index contributed by atoms with van der Waals surface area (Å²) in [5.41, 5.74) is 1.56. The van der Waals surface area contributed by atoms with E-state index in [1.807, 2.05) is 0 Å². The maximum Gasteiger partial charge on any atom is 0.274 e. The first-order valence-electron chi connectivity index (χ1n) is 7.37. The van der Waals surface area contributed by atoms with Crippen molar-refractivity contribution in [1.29, 1.82) is 0 Å². The average Bonchev–Trinajstić information content (AvgIpc) is 2.56. The van der Waals surface area contributed by atoms with Gasteiger partial charge in [0.1, 0.15) is 0 Å². The van der Waals surface area contributed by atoms with Crippen molar-refractivity contribution in [3.8, 4) is 0 Å². The summed E-state index contributed by atoms with van der Waals surface area (Å²) >= 11 is 0. The zero-order valence-electron chi connectivity index (χ0n) is 13.3. The second-order valence-corrected chi connectivity index (χ2v) is 5.14. The third-order valence-electron chi connectivity index (χ3n) is 3.48. The molecule has 0 radical (unpaired) electrons. The Labute approximate surface area is 138 Å². The summed E-state index contributed by atoms with van der Waals surface area (Å²) in [5.74, 6) is -0.562. The van der Waals surface area contributed by atoms with Gasteiger partial charge in [0.05, 0.1) is 16.2 Å². The summed E-state index contributed by atoms with van der Waals surface area (Å²) < 4.78 is 0. The van der Waals surface area contributed by atoms with Gasteiger partial charge in [-0.2, -0.15) is 0 Å². The third-order valence-corrected chi connectivity index (χ3v) is 3.48. The van der Waals surface area contributed by atoms with Crippen molar-refractivity contribution in [2.45, 2.75) is 20.3 Å². The molecule has 0 bridgehead atoms. The number of amides is 2. The summed E-state index contributed by atoms with van der Waals surface area (Å²) in [7, 11) is 0. The minimum Gasteiger partial charge on any atom is -0.326 e. The molecule has 0 atom stereocenters. The van der Waals surface area contributed by atoms with Crippen LogP contribution < -0.4 is 10.6 Å². The van der Waals surface area contributed by atoms with Gasteiger partial charge in [0.15, 0.2) is 0 Å². The number of hydrogen-bond donors (Lipinski definition) is 2. The topological polar surface area (TPSA) is 101 Å². The first-order chi connectivity index (χ1) is 11.4. The second kappa shape index (κ2) is 7.36. The molecule has 2 N–H and O–H groups in total. The molecule has 0 aliphatic heterocycles. The van der Waals surface area contributed by atoms with Crippen molar-refractivity contribution >= 4 is 28.9 Å². The Bertz CT molecular complexity index is 802. The minimum absolute atomic E-state index is 0.0586. The molecule has 0 aliphatic carbocycles. The predicted molar refractivity (Wildman–Crippen MR) is 91.1 cm³/mol. The molecule has 7 heteroatoms. The fraction of sp³-hybridized carbons (Fsp3) is 0.176. The van der Waals surface area contributed by atoms with E-state index in [9.17, 15) is 19.7 Å². The lowest BCUT2D eigenvalue weighted by atomic mass is 10.1. The van der Waals surface area contributed by atoms with Gasteiger partial charge in [-0.25, -0.2) is 0 Å². The lowest BCUT2D eigenvalue weighted by Gasteiger charge is -2.10. The van der Waals surface area contributed by atoms with Crippen LogP contribution in [0.1, 0.15) is 29.3 Å². The SMILES string of the molecule is CCC(=O)Nc1cccc(C(=O)Nc2cccc([N+](=O)[O-])c2C)c1. The maximum absolute atomic E-state index is 12.4. The largest absolute Gasteiger partial charge is 0.326 e. The van der Waals surface area contributed by atoms with Crippen molar-refractivity contribution in [2.24, 2.45) is 0 Å². The van der Waals surface area contributed by atoms with Crippen LogP contribution in [-0.2, 0) is 4.79 Å². The summed E-state index contributed by atoms with van der Waals surface area (Å²) in [6, 6.07) is 11.0. The van der Waals surface area contributed by atoms with Crippen LogP contribution in [0.3, 0.4) is 0 Å². The fourth-order valence-corrected chi connectivity index (χ4v) is 2.14. The molecule has 0 saturated heterocycles. The Morgan fingerprint density at radius 3 is 2.50 bits per heavy atom. The van der Waals surface area contributed by atoms with Crippen molar-refractivity contribution < 1.29 is 14.5 Å². The number of nitrogens with zero attached hydrogens (tertiary/aromatic N) is 1. The Kier molecular flexibility index (Phi) is 5.26. The van der Waals surface area contributed by atoms with Crippen LogP contribution in [0.4, 0.5) is 17.1 Å². The number of nitro groups is 1. The van der Waals surface area contributed by atoms with E-state index in [4.69, 9.17) is 0 Å². The average molecular weight is 327 g/mol.